The first-order chi connectivity index (χ1) is 9.26. The summed E-state index contributed by atoms with van der Waals surface area (Å²) in [4.78, 5) is 0. The van der Waals surface area contributed by atoms with Gasteiger partial charge >= 0.3 is 0 Å². The van der Waals surface area contributed by atoms with Gasteiger partial charge in [0.2, 0.25) is 0 Å². The van der Waals surface area contributed by atoms with E-state index in [1.165, 1.54) is 0 Å². The molecule has 1 N–H and O–H groups in total. The minimum Gasteiger partial charge on any atom is -0.384 e. The predicted octanol–water partition coefficient (Wildman–Crippen LogP) is 1.53. The summed E-state index contributed by atoms with van der Waals surface area (Å²) in [6.07, 6.45) is 3.04. The van der Waals surface area contributed by atoms with Crippen LogP contribution in [0.2, 0.25) is 0 Å². The average molecular weight is 287 g/mol. The molecule has 0 aliphatic carbocycles. The van der Waals surface area contributed by atoms with Gasteiger partial charge in [-0.2, -0.15) is 0 Å². The van der Waals surface area contributed by atoms with Crippen LogP contribution in [0.4, 0.5) is 0 Å². The molecule has 0 aromatic carbocycles. The summed E-state index contributed by atoms with van der Waals surface area (Å²) in [6.45, 7) is 5.62. The highest BCUT2D eigenvalue weighted by molar-refractivity contribution is 7.11. The Morgan fingerprint density at radius 3 is 2.68 bits per heavy atom. The van der Waals surface area contributed by atoms with E-state index in [1.54, 1.807) is 25.6 Å². The summed E-state index contributed by atoms with van der Waals surface area (Å²) in [7, 11) is 3.45. The topological polar surface area (TPSA) is 56.3 Å². The van der Waals surface area contributed by atoms with Crippen LogP contribution in [0, 0.1) is 5.92 Å². The fourth-order valence-corrected chi connectivity index (χ4v) is 2.83. The number of ether oxygens (including phenoxy) is 2. The van der Waals surface area contributed by atoms with Crippen molar-refractivity contribution in [3.8, 4) is 0 Å². The molecule has 0 aliphatic heterocycles. The van der Waals surface area contributed by atoms with Gasteiger partial charge in [0.05, 0.1) is 6.61 Å². The Morgan fingerprint density at radius 2 is 1.95 bits per heavy atom. The Balaban J connectivity index is 2.16. The highest BCUT2D eigenvalue weighted by atomic mass is 32.1. The number of aromatic nitrogens is 2. The van der Waals surface area contributed by atoms with Gasteiger partial charge in [0, 0.05) is 40.2 Å². The van der Waals surface area contributed by atoms with Gasteiger partial charge in [0.15, 0.2) is 0 Å². The number of nitrogens with one attached hydrogen (secondary N) is 1. The van der Waals surface area contributed by atoms with Crippen molar-refractivity contribution in [3.05, 3.63) is 10.0 Å². The Morgan fingerprint density at radius 1 is 1.16 bits per heavy atom. The van der Waals surface area contributed by atoms with E-state index < -0.39 is 0 Å². The first-order valence-electron chi connectivity index (χ1n) is 6.76. The molecule has 0 aliphatic rings. The van der Waals surface area contributed by atoms with E-state index in [0.29, 0.717) is 5.92 Å². The number of nitrogens with zero attached hydrogens (tertiary/aromatic N) is 2. The van der Waals surface area contributed by atoms with Gasteiger partial charge in [0.1, 0.15) is 10.0 Å². The SMILES string of the molecule is COCCNCCCc1nnc(CC(C)COC)s1. The first-order valence-corrected chi connectivity index (χ1v) is 7.57. The lowest BCUT2D eigenvalue weighted by Crippen LogP contribution is -2.20. The molecule has 1 atom stereocenters. The average Bonchev–Trinajstić information content (AvgIpc) is 2.81. The van der Waals surface area contributed by atoms with E-state index in [0.717, 1.165) is 55.6 Å². The van der Waals surface area contributed by atoms with Crippen LogP contribution in [0.5, 0.6) is 0 Å². The second-order valence-electron chi connectivity index (χ2n) is 4.70. The van der Waals surface area contributed by atoms with E-state index in [1.807, 2.05) is 0 Å². The molecule has 1 aromatic rings. The second kappa shape index (κ2) is 10.3. The van der Waals surface area contributed by atoms with Gasteiger partial charge in [-0.1, -0.05) is 6.92 Å². The molecule has 0 amide bonds. The molecule has 1 rings (SSSR count). The molecule has 6 heteroatoms. The summed E-state index contributed by atoms with van der Waals surface area (Å²) in [5.41, 5.74) is 0. The van der Waals surface area contributed by atoms with Gasteiger partial charge < -0.3 is 14.8 Å². The molecule has 0 fully saturated rings. The standard InChI is InChI=1S/C13H25N3O2S/c1-11(10-18-3)9-13-16-15-12(19-13)5-4-6-14-7-8-17-2/h11,14H,4-10H2,1-3H3. The third kappa shape index (κ3) is 7.57. The third-order valence-electron chi connectivity index (χ3n) is 2.71. The summed E-state index contributed by atoms with van der Waals surface area (Å²) < 4.78 is 10.1. The van der Waals surface area contributed by atoms with E-state index in [-0.39, 0.29) is 0 Å². The summed E-state index contributed by atoms with van der Waals surface area (Å²) in [5, 5.41) is 14.1. The van der Waals surface area contributed by atoms with Crippen molar-refractivity contribution in [1.29, 1.82) is 0 Å². The number of hydrogen-bond donors (Lipinski definition) is 1. The fourth-order valence-electron chi connectivity index (χ4n) is 1.78. The normalized spacial score (nSPS) is 12.8. The van der Waals surface area contributed by atoms with Gasteiger partial charge in [-0.25, -0.2) is 0 Å². The minimum absolute atomic E-state index is 0.501. The van der Waals surface area contributed by atoms with Crippen LogP contribution in [0.3, 0.4) is 0 Å². The van der Waals surface area contributed by atoms with E-state index in [9.17, 15) is 0 Å². The van der Waals surface area contributed by atoms with Crippen LogP contribution < -0.4 is 5.32 Å². The number of methoxy groups -OCH3 is 2. The van der Waals surface area contributed by atoms with Crippen LogP contribution in [0.1, 0.15) is 23.4 Å². The molecule has 0 saturated heterocycles. The van der Waals surface area contributed by atoms with Crippen LogP contribution in [0.25, 0.3) is 0 Å². The van der Waals surface area contributed by atoms with E-state index in [4.69, 9.17) is 9.47 Å². The molecule has 0 radical (unpaired) electrons. The van der Waals surface area contributed by atoms with Crippen LogP contribution in [-0.2, 0) is 22.3 Å². The Bertz CT molecular complexity index is 333. The molecule has 1 heterocycles. The predicted molar refractivity (Wildman–Crippen MR) is 77.7 cm³/mol. The van der Waals surface area contributed by atoms with Crippen molar-refractivity contribution in [2.75, 3.05) is 40.5 Å². The van der Waals surface area contributed by atoms with Gasteiger partial charge in [-0.05, 0) is 18.9 Å². The second-order valence-corrected chi connectivity index (χ2v) is 5.85. The molecule has 110 valence electrons. The fraction of sp³-hybridized carbons (Fsp3) is 0.846. The molecule has 0 saturated carbocycles. The molecule has 0 bridgehead atoms. The summed E-state index contributed by atoms with van der Waals surface area (Å²) >= 11 is 1.73. The van der Waals surface area contributed by atoms with Gasteiger partial charge in [-0.15, -0.1) is 21.5 Å². The highest BCUT2D eigenvalue weighted by Gasteiger charge is 2.08. The maximum atomic E-state index is 5.13. The van der Waals surface area contributed by atoms with E-state index in [2.05, 4.69) is 22.4 Å². The Labute approximate surface area is 119 Å². The molecule has 0 spiro atoms. The Kier molecular flexibility index (Phi) is 8.90. The van der Waals surface area contributed by atoms with Crippen LogP contribution in [-0.4, -0.2) is 50.7 Å². The quantitative estimate of drug-likeness (QED) is 0.626. The van der Waals surface area contributed by atoms with Crippen LogP contribution in [0.15, 0.2) is 0 Å². The smallest absolute Gasteiger partial charge is 0.117 e. The van der Waals surface area contributed by atoms with Crippen LogP contribution >= 0.6 is 11.3 Å². The lowest BCUT2D eigenvalue weighted by molar-refractivity contribution is 0.159. The van der Waals surface area contributed by atoms with Crippen molar-refractivity contribution in [1.82, 2.24) is 15.5 Å². The lowest BCUT2D eigenvalue weighted by atomic mass is 10.1. The van der Waals surface area contributed by atoms with Crippen molar-refractivity contribution in [2.45, 2.75) is 26.2 Å². The molecule has 1 unspecified atom stereocenters. The Hall–Kier alpha value is -0.560. The van der Waals surface area contributed by atoms with Crippen molar-refractivity contribution in [2.24, 2.45) is 5.92 Å². The van der Waals surface area contributed by atoms with Crippen molar-refractivity contribution < 1.29 is 9.47 Å². The largest absolute Gasteiger partial charge is 0.384 e. The minimum atomic E-state index is 0.501. The zero-order chi connectivity index (χ0) is 13.9. The van der Waals surface area contributed by atoms with Crippen molar-refractivity contribution >= 4 is 11.3 Å². The number of hydrogen-bond acceptors (Lipinski definition) is 6. The summed E-state index contributed by atoms with van der Waals surface area (Å²) in [5.74, 6) is 0.501. The number of rotatable bonds is 11. The maximum Gasteiger partial charge on any atom is 0.117 e. The van der Waals surface area contributed by atoms with E-state index >= 15 is 0 Å². The molecular formula is C13H25N3O2S. The summed E-state index contributed by atoms with van der Waals surface area (Å²) in [6, 6.07) is 0. The van der Waals surface area contributed by atoms with Gasteiger partial charge in [0.25, 0.3) is 0 Å². The zero-order valence-corrected chi connectivity index (χ0v) is 13.0. The molecule has 5 nitrogen and oxygen atoms in total. The molecule has 1 aromatic heterocycles. The highest BCUT2D eigenvalue weighted by Crippen LogP contribution is 2.15. The zero-order valence-electron chi connectivity index (χ0n) is 12.1. The monoisotopic (exact) mass is 287 g/mol. The van der Waals surface area contributed by atoms with Gasteiger partial charge in [-0.3, -0.25) is 0 Å². The molecule has 19 heavy (non-hydrogen) atoms. The maximum absolute atomic E-state index is 5.13. The number of aryl methyl sites for hydroxylation is 1. The third-order valence-corrected chi connectivity index (χ3v) is 3.72. The first kappa shape index (κ1) is 16.5. The molecular weight excluding hydrogens is 262 g/mol. The lowest BCUT2D eigenvalue weighted by Gasteiger charge is -2.06. The van der Waals surface area contributed by atoms with Crippen molar-refractivity contribution in [3.63, 3.8) is 0 Å².